The number of hydrogen-bond acceptors (Lipinski definition) is 3. The monoisotopic (exact) mass is 299 g/mol. The van der Waals surface area contributed by atoms with Crippen LogP contribution < -0.4 is 10.3 Å². The van der Waals surface area contributed by atoms with Crippen LogP contribution in [0.4, 0.5) is 0 Å². The first-order valence-electron chi connectivity index (χ1n) is 7.40. The van der Waals surface area contributed by atoms with Gasteiger partial charge in [0.05, 0.1) is 18.4 Å². The summed E-state index contributed by atoms with van der Waals surface area (Å²) in [5, 5.41) is 0. The molecule has 1 heterocycles. The molecule has 0 aliphatic heterocycles. The van der Waals surface area contributed by atoms with Gasteiger partial charge in [-0.15, -0.1) is 0 Å². The van der Waals surface area contributed by atoms with Gasteiger partial charge in [-0.2, -0.15) is 0 Å². The van der Waals surface area contributed by atoms with Gasteiger partial charge < -0.3 is 9.30 Å². The number of carbonyl (C=O) groups excluding carboxylic acids is 1. The maximum Gasteiger partial charge on any atom is 0.262 e. The summed E-state index contributed by atoms with van der Waals surface area (Å²) in [6.45, 7) is 5.42. The Morgan fingerprint density at radius 2 is 2.00 bits per heavy atom. The number of hydrogen-bond donors (Lipinski definition) is 0. The molecule has 0 aliphatic carbocycles. The fourth-order valence-corrected chi connectivity index (χ4v) is 2.46. The number of methoxy groups -OCH3 is 1. The van der Waals surface area contributed by atoms with Crippen LogP contribution in [0.15, 0.2) is 41.2 Å². The molecule has 4 heteroatoms. The van der Waals surface area contributed by atoms with Crippen molar-refractivity contribution in [3.8, 4) is 17.0 Å². The predicted octanol–water partition coefficient (Wildman–Crippen LogP) is 3.70. The van der Waals surface area contributed by atoms with Crippen molar-refractivity contribution in [2.75, 3.05) is 7.11 Å². The summed E-state index contributed by atoms with van der Waals surface area (Å²) in [7, 11) is 1.61. The number of nitrogens with zero attached hydrogens (tertiary/aromatic N) is 1. The molecule has 0 amide bonds. The van der Waals surface area contributed by atoms with Gasteiger partial charge in [-0.25, -0.2) is 0 Å². The van der Waals surface area contributed by atoms with Gasteiger partial charge in [0.15, 0.2) is 5.78 Å². The lowest BCUT2D eigenvalue weighted by atomic mass is 10.1. The molecule has 22 heavy (non-hydrogen) atoms. The molecule has 0 aliphatic rings. The van der Waals surface area contributed by atoms with Crippen LogP contribution in [0, 0.1) is 0 Å². The molecule has 1 aromatic heterocycles. The van der Waals surface area contributed by atoms with Crippen molar-refractivity contribution >= 4 is 5.78 Å². The Morgan fingerprint density at radius 3 is 2.59 bits per heavy atom. The minimum atomic E-state index is -0.234. The molecule has 0 saturated heterocycles. The van der Waals surface area contributed by atoms with Crippen LogP contribution in [0.2, 0.25) is 0 Å². The van der Waals surface area contributed by atoms with Crippen LogP contribution in [-0.4, -0.2) is 17.5 Å². The van der Waals surface area contributed by atoms with E-state index in [0.717, 1.165) is 23.4 Å². The van der Waals surface area contributed by atoms with E-state index in [1.807, 2.05) is 44.2 Å². The van der Waals surface area contributed by atoms with E-state index in [9.17, 15) is 9.59 Å². The SMILES string of the molecule is CCC(C)n1c(-c2cccc(OC)c2)ccc(C(C)=O)c1=O. The van der Waals surface area contributed by atoms with E-state index in [4.69, 9.17) is 4.74 Å². The van der Waals surface area contributed by atoms with Crippen molar-refractivity contribution in [3.63, 3.8) is 0 Å². The highest BCUT2D eigenvalue weighted by atomic mass is 16.5. The number of aromatic nitrogens is 1. The quantitative estimate of drug-likeness (QED) is 0.791. The summed E-state index contributed by atoms with van der Waals surface area (Å²) in [6.07, 6.45) is 0.804. The lowest BCUT2D eigenvalue weighted by Gasteiger charge is -2.20. The largest absolute Gasteiger partial charge is 0.497 e. The highest BCUT2D eigenvalue weighted by molar-refractivity contribution is 5.94. The molecule has 0 spiro atoms. The van der Waals surface area contributed by atoms with Gasteiger partial charge in [0.25, 0.3) is 5.56 Å². The Balaban J connectivity index is 2.72. The zero-order valence-electron chi connectivity index (χ0n) is 13.4. The van der Waals surface area contributed by atoms with Crippen LogP contribution in [0.25, 0.3) is 11.3 Å². The van der Waals surface area contributed by atoms with Crippen LogP contribution in [0.1, 0.15) is 43.6 Å². The molecular formula is C18H21NO3. The molecule has 1 atom stereocenters. The van der Waals surface area contributed by atoms with E-state index in [1.54, 1.807) is 17.7 Å². The Morgan fingerprint density at radius 1 is 1.27 bits per heavy atom. The second kappa shape index (κ2) is 6.60. The number of Topliss-reactive ketones (excluding diaryl/α,β-unsaturated/α-hetero) is 1. The molecule has 0 bridgehead atoms. The van der Waals surface area contributed by atoms with E-state index in [-0.39, 0.29) is 22.9 Å². The molecular weight excluding hydrogens is 278 g/mol. The first kappa shape index (κ1) is 16.0. The summed E-state index contributed by atoms with van der Waals surface area (Å²) in [5.74, 6) is 0.524. The maximum absolute atomic E-state index is 12.7. The number of ketones is 1. The van der Waals surface area contributed by atoms with Gasteiger partial charge in [0, 0.05) is 11.6 Å². The molecule has 0 radical (unpaired) electrons. The lowest BCUT2D eigenvalue weighted by molar-refractivity contribution is 0.101. The number of ether oxygens (including phenoxy) is 1. The standard InChI is InChI=1S/C18H21NO3/c1-5-12(2)19-17(10-9-16(13(3)20)18(19)21)14-7-6-8-15(11-14)22-4/h6-12H,5H2,1-4H3. The van der Waals surface area contributed by atoms with Gasteiger partial charge >= 0.3 is 0 Å². The zero-order valence-corrected chi connectivity index (χ0v) is 13.4. The summed E-state index contributed by atoms with van der Waals surface area (Å²) >= 11 is 0. The van der Waals surface area contributed by atoms with Crippen LogP contribution in [0.3, 0.4) is 0 Å². The summed E-state index contributed by atoms with van der Waals surface area (Å²) < 4.78 is 6.95. The molecule has 1 aromatic carbocycles. The van der Waals surface area contributed by atoms with Gasteiger partial charge in [0.2, 0.25) is 0 Å². The van der Waals surface area contributed by atoms with E-state index in [0.29, 0.717) is 0 Å². The van der Waals surface area contributed by atoms with Crippen LogP contribution in [0.5, 0.6) is 5.75 Å². The average molecular weight is 299 g/mol. The molecule has 0 N–H and O–H groups in total. The maximum atomic E-state index is 12.7. The number of rotatable bonds is 5. The third-order valence-electron chi connectivity index (χ3n) is 3.89. The fraction of sp³-hybridized carbons (Fsp3) is 0.333. The smallest absolute Gasteiger partial charge is 0.262 e. The number of carbonyl (C=O) groups is 1. The highest BCUT2D eigenvalue weighted by Gasteiger charge is 2.16. The average Bonchev–Trinajstić information content (AvgIpc) is 2.53. The van der Waals surface area contributed by atoms with Crippen molar-refractivity contribution in [1.82, 2.24) is 4.57 Å². The third-order valence-corrected chi connectivity index (χ3v) is 3.89. The molecule has 2 rings (SSSR count). The topological polar surface area (TPSA) is 48.3 Å². The van der Waals surface area contributed by atoms with E-state index < -0.39 is 0 Å². The summed E-state index contributed by atoms with van der Waals surface area (Å²) in [5.41, 5.74) is 1.68. The molecule has 0 saturated carbocycles. The Kier molecular flexibility index (Phi) is 4.81. The van der Waals surface area contributed by atoms with E-state index in [1.165, 1.54) is 6.92 Å². The lowest BCUT2D eigenvalue weighted by Crippen LogP contribution is -2.29. The fourth-order valence-electron chi connectivity index (χ4n) is 2.46. The number of pyridine rings is 1. The van der Waals surface area contributed by atoms with Crippen LogP contribution in [-0.2, 0) is 0 Å². The van der Waals surface area contributed by atoms with Crippen molar-refractivity contribution in [2.24, 2.45) is 0 Å². The van der Waals surface area contributed by atoms with E-state index >= 15 is 0 Å². The zero-order chi connectivity index (χ0) is 16.3. The summed E-state index contributed by atoms with van der Waals surface area (Å²) in [4.78, 5) is 24.3. The van der Waals surface area contributed by atoms with Crippen molar-refractivity contribution in [2.45, 2.75) is 33.2 Å². The first-order valence-corrected chi connectivity index (χ1v) is 7.40. The van der Waals surface area contributed by atoms with E-state index in [2.05, 4.69) is 0 Å². The van der Waals surface area contributed by atoms with Crippen LogP contribution >= 0.6 is 0 Å². The third kappa shape index (κ3) is 2.96. The molecule has 1 unspecified atom stereocenters. The molecule has 4 nitrogen and oxygen atoms in total. The molecule has 116 valence electrons. The summed E-state index contributed by atoms with van der Waals surface area (Å²) in [6, 6.07) is 11.0. The first-order chi connectivity index (χ1) is 10.5. The van der Waals surface area contributed by atoms with Gasteiger partial charge in [-0.1, -0.05) is 19.1 Å². The predicted molar refractivity (Wildman–Crippen MR) is 87.7 cm³/mol. The van der Waals surface area contributed by atoms with Gasteiger partial charge in [-0.05, 0) is 44.5 Å². The minimum absolute atomic E-state index is 0.00741. The minimum Gasteiger partial charge on any atom is -0.497 e. The second-order valence-electron chi connectivity index (χ2n) is 5.35. The number of benzene rings is 1. The van der Waals surface area contributed by atoms with Crippen molar-refractivity contribution < 1.29 is 9.53 Å². The second-order valence-corrected chi connectivity index (χ2v) is 5.35. The van der Waals surface area contributed by atoms with Crippen molar-refractivity contribution in [1.29, 1.82) is 0 Å². The molecule has 2 aromatic rings. The Bertz CT molecular complexity index is 746. The Hall–Kier alpha value is -2.36. The van der Waals surface area contributed by atoms with Gasteiger partial charge in [-0.3, -0.25) is 9.59 Å². The Labute approximate surface area is 130 Å². The highest BCUT2D eigenvalue weighted by Crippen LogP contribution is 2.26. The van der Waals surface area contributed by atoms with Gasteiger partial charge in [0.1, 0.15) is 5.75 Å². The normalized spacial score (nSPS) is 12.0. The van der Waals surface area contributed by atoms with Crippen molar-refractivity contribution in [3.05, 3.63) is 52.3 Å². The molecule has 0 fully saturated rings.